The number of aromatic amines is 1. The summed E-state index contributed by atoms with van der Waals surface area (Å²) in [6, 6.07) is 6.84. The van der Waals surface area contributed by atoms with E-state index in [0.717, 1.165) is 11.1 Å². The summed E-state index contributed by atoms with van der Waals surface area (Å²) in [5.74, 6) is -1.31. The van der Waals surface area contributed by atoms with Crippen molar-refractivity contribution in [3.8, 4) is 0 Å². The first-order valence-corrected chi connectivity index (χ1v) is 7.24. The molecule has 1 aliphatic carbocycles. The zero-order valence-electron chi connectivity index (χ0n) is 12.2. The molecule has 3 aromatic rings. The molecule has 1 aliphatic rings. The molecule has 4 rings (SSSR count). The molecule has 9 heteroatoms. The van der Waals surface area contributed by atoms with E-state index in [9.17, 15) is 18.3 Å². The van der Waals surface area contributed by atoms with Gasteiger partial charge in [-0.05, 0) is 11.1 Å². The number of nitrogens with one attached hydrogen (secondary N) is 2. The zero-order valence-corrected chi connectivity index (χ0v) is 12.2. The molecule has 0 fully saturated rings. The van der Waals surface area contributed by atoms with Crippen molar-refractivity contribution in [1.29, 1.82) is 0 Å². The van der Waals surface area contributed by atoms with E-state index in [1.165, 1.54) is 6.33 Å². The molecular weight excluding hydrogens is 323 g/mol. The van der Waals surface area contributed by atoms with Crippen LogP contribution in [0.25, 0.3) is 11.2 Å². The van der Waals surface area contributed by atoms with Crippen molar-refractivity contribution in [3.63, 3.8) is 0 Å². The summed E-state index contributed by atoms with van der Waals surface area (Å²) >= 11 is 0. The van der Waals surface area contributed by atoms with Crippen LogP contribution in [0.5, 0.6) is 0 Å². The van der Waals surface area contributed by atoms with Crippen molar-refractivity contribution >= 4 is 17.0 Å². The van der Waals surface area contributed by atoms with Gasteiger partial charge in [0.05, 0.1) is 18.5 Å². The van der Waals surface area contributed by atoms with Gasteiger partial charge in [0.15, 0.2) is 11.5 Å². The highest BCUT2D eigenvalue weighted by Gasteiger charge is 2.37. The molecule has 0 spiro atoms. The molecule has 0 unspecified atom stereocenters. The number of aliphatic hydroxyl groups is 1. The van der Waals surface area contributed by atoms with Crippen molar-refractivity contribution in [1.82, 2.24) is 19.9 Å². The maximum Gasteiger partial charge on any atom is 0.451 e. The van der Waals surface area contributed by atoms with Crippen molar-refractivity contribution < 1.29 is 18.3 Å². The van der Waals surface area contributed by atoms with Crippen molar-refractivity contribution in [3.05, 3.63) is 47.5 Å². The summed E-state index contributed by atoms with van der Waals surface area (Å²) in [6.07, 6.45) is -3.76. The van der Waals surface area contributed by atoms with Gasteiger partial charge >= 0.3 is 6.18 Å². The number of aromatic nitrogens is 4. The standard InChI is InChI=1S/C15H12F3N5O/c16-15(17,18)14-22-12-11(19-6-20-12)13(23-14)21-10-8-4-2-1-3-7(8)5-9(10)24/h1-4,6,9-10,24H,5H2,(H2,19,20,21,22,23)/t9-,10+/m0/s1. The number of aliphatic hydroxyl groups excluding tert-OH is 1. The average Bonchev–Trinajstić information content (AvgIpc) is 3.11. The Morgan fingerprint density at radius 1 is 1.21 bits per heavy atom. The van der Waals surface area contributed by atoms with Crippen LogP contribution in [0.15, 0.2) is 30.6 Å². The van der Waals surface area contributed by atoms with Gasteiger partial charge in [0.2, 0.25) is 5.82 Å². The molecule has 0 saturated heterocycles. The molecule has 3 N–H and O–H groups in total. The third kappa shape index (κ3) is 2.37. The Morgan fingerprint density at radius 2 is 2.00 bits per heavy atom. The van der Waals surface area contributed by atoms with Crippen LogP contribution in [0.1, 0.15) is 23.0 Å². The molecule has 2 heterocycles. The first-order valence-electron chi connectivity index (χ1n) is 7.24. The molecule has 2 atom stereocenters. The van der Waals surface area contributed by atoms with Crippen LogP contribution in [-0.4, -0.2) is 31.1 Å². The van der Waals surface area contributed by atoms with E-state index in [0.29, 0.717) is 6.42 Å². The lowest BCUT2D eigenvalue weighted by Crippen LogP contribution is -2.23. The minimum atomic E-state index is -4.68. The van der Waals surface area contributed by atoms with E-state index in [1.54, 1.807) is 0 Å². The Kier molecular flexibility index (Phi) is 3.20. The number of fused-ring (bicyclic) bond motifs is 2. The fourth-order valence-electron chi connectivity index (χ4n) is 2.96. The van der Waals surface area contributed by atoms with E-state index < -0.39 is 24.1 Å². The quantitative estimate of drug-likeness (QED) is 0.670. The normalized spacial score (nSPS) is 20.3. The fourth-order valence-corrected chi connectivity index (χ4v) is 2.96. The van der Waals surface area contributed by atoms with E-state index in [1.807, 2.05) is 24.3 Å². The zero-order chi connectivity index (χ0) is 16.9. The topological polar surface area (TPSA) is 86.7 Å². The minimum absolute atomic E-state index is 0.0365. The molecule has 0 bridgehead atoms. The van der Waals surface area contributed by atoms with Crippen LogP contribution in [0.3, 0.4) is 0 Å². The summed E-state index contributed by atoms with van der Waals surface area (Å²) in [4.78, 5) is 13.5. The lowest BCUT2D eigenvalue weighted by atomic mass is 10.1. The van der Waals surface area contributed by atoms with Gasteiger partial charge in [-0.2, -0.15) is 13.2 Å². The van der Waals surface area contributed by atoms with Gasteiger partial charge in [0.1, 0.15) is 5.52 Å². The smallest absolute Gasteiger partial charge is 0.390 e. The van der Waals surface area contributed by atoms with Gasteiger partial charge in [-0.25, -0.2) is 15.0 Å². The molecule has 6 nitrogen and oxygen atoms in total. The van der Waals surface area contributed by atoms with Crippen molar-refractivity contribution in [2.24, 2.45) is 0 Å². The third-order valence-corrected chi connectivity index (χ3v) is 4.04. The fraction of sp³-hybridized carbons (Fsp3) is 0.267. The van der Waals surface area contributed by atoms with Gasteiger partial charge in [0, 0.05) is 6.42 Å². The number of H-pyrrole nitrogens is 1. The Hall–Kier alpha value is -2.68. The summed E-state index contributed by atoms with van der Waals surface area (Å²) in [6.45, 7) is 0. The van der Waals surface area contributed by atoms with Crippen LogP contribution in [0, 0.1) is 0 Å². The number of nitrogens with zero attached hydrogens (tertiary/aromatic N) is 3. The lowest BCUT2D eigenvalue weighted by Gasteiger charge is -2.19. The molecule has 24 heavy (non-hydrogen) atoms. The molecule has 2 aromatic heterocycles. The second kappa shape index (κ2) is 5.17. The number of anilines is 1. The predicted octanol–water partition coefficient (Wildman–Crippen LogP) is 2.44. The Balaban J connectivity index is 1.78. The highest BCUT2D eigenvalue weighted by atomic mass is 19.4. The molecule has 1 aromatic carbocycles. The van der Waals surface area contributed by atoms with Crippen LogP contribution in [0.4, 0.5) is 19.0 Å². The van der Waals surface area contributed by atoms with Gasteiger partial charge < -0.3 is 15.4 Å². The largest absolute Gasteiger partial charge is 0.451 e. The highest BCUT2D eigenvalue weighted by Crippen LogP contribution is 2.36. The Morgan fingerprint density at radius 3 is 2.79 bits per heavy atom. The van der Waals surface area contributed by atoms with E-state index >= 15 is 0 Å². The maximum absolute atomic E-state index is 13.0. The second-order valence-electron chi connectivity index (χ2n) is 5.59. The number of alkyl halides is 3. The summed E-state index contributed by atoms with van der Waals surface area (Å²) in [5.41, 5.74) is 1.97. The van der Waals surface area contributed by atoms with Gasteiger partial charge in [-0.1, -0.05) is 24.3 Å². The average molecular weight is 335 g/mol. The third-order valence-electron chi connectivity index (χ3n) is 4.04. The number of halogens is 3. The number of hydrogen-bond donors (Lipinski definition) is 3. The first-order chi connectivity index (χ1) is 11.4. The maximum atomic E-state index is 13.0. The summed E-state index contributed by atoms with van der Waals surface area (Å²) < 4.78 is 39.0. The minimum Gasteiger partial charge on any atom is -0.390 e. The van der Waals surface area contributed by atoms with E-state index in [-0.39, 0.29) is 17.0 Å². The SMILES string of the molecule is O[C@H]1Cc2ccccc2[C@H]1Nc1nc(C(F)(F)F)nc2nc[nH]c12. The number of hydrogen-bond acceptors (Lipinski definition) is 5. The molecule has 0 amide bonds. The lowest BCUT2D eigenvalue weighted by molar-refractivity contribution is -0.144. The van der Waals surface area contributed by atoms with Crippen molar-refractivity contribution in [2.45, 2.75) is 24.7 Å². The predicted molar refractivity (Wildman–Crippen MR) is 79.2 cm³/mol. The van der Waals surface area contributed by atoms with E-state index in [2.05, 4.69) is 25.3 Å². The molecule has 124 valence electrons. The molecule has 0 saturated carbocycles. The van der Waals surface area contributed by atoms with Gasteiger partial charge in [0.25, 0.3) is 0 Å². The monoisotopic (exact) mass is 335 g/mol. The van der Waals surface area contributed by atoms with Crippen LogP contribution in [0.2, 0.25) is 0 Å². The van der Waals surface area contributed by atoms with E-state index in [4.69, 9.17) is 0 Å². The van der Waals surface area contributed by atoms with Gasteiger partial charge in [-0.3, -0.25) is 0 Å². The number of rotatable bonds is 2. The first kappa shape index (κ1) is 14.9. The second-order valence-corrected chi connectivity index (χ2v) is 5.59. The summed E-state index contributed by atoms with van der Waals surface area (Å²) in [7, 11) is 0. The van der Waals surface area contributed by atoms with Crippen LogP contribution >= 0.6 is 0 Å². The van der Waals surface area contributed by atoms with Crippen LogP contribution < -0.4 is 5.32 Å². The highest BCUT2D eigenvalue weighted by molar-refractivity contribution is 5.82. The van der Waals surface area contributed by atoms with Crippen molar-refractivity contribution in [2.75, 3.05) is 5.32 Å². The Bertz CT molecular complexity index is 908. The molecular formula is C15H12F3N5O. The molecule has 0 radical (unpaired) electrons. The number of benzene rings is 1. The van der Waals surface area contributed by atoms with Crippen LogP contribution in [-0.2, 0) is 12.6 Å². The Labute approximate surface area is 133 Å². The molecule has 0 aliphatic heterocycles. The summed E-state index contributed by atoms with van der Waals surface area (Å²) in [5, 5.41) is 13.2. The number of imidazole rings is 1. The van der Waals surface area contributed by atoms with Gasteiger partial charge in [-0.15, -0.1) is 0 Å².